The van der Waals surface area contributed by atoms with Crippen molar-refractivity contribution in [2.24, 2.45) is 0 Å². The number of carbonyl (C=O) groups is 2. The van der Waals surface area contributed by atoms with E-state index in [1.165, 1.54) is 11.8 Å². The van der Waals surface area contributed by atoms with Crippen LogP contribution in [0.25, 0.3) is 0 Å². The minimum absolute atomic E-state index is 0.00359. The Labute approximate surface area is 110 Å². The third-order valence-electron chi connectivity index (χ3n) is 2.87. The van der Waals surface area contributed by atoms with Gasteiger partial charge in [-0.2, -0.15) is 0 Å². The van der Waals surface area contributed by atoms with E-state index >= 15 is 0 Å². The van der Waals surface area contributed by atoms with E-state index in [1.54, 1.807) is 17.0 Å². The third-order valence-corrected chi connectivity index (χ3v) is 3.90. The average Bonchev–Trinajstić information content (AvgIpc) is 2.40. The van der Waals surface area contributed by atoms with Gasteiger partial charge < -0.3 is 10.0 Å². The van der Waals surface area contributed by atoms with Gasteiger partial charge in [0.25, 0.3) is 0 Å². The van der Waals surface area contributed by atoms with Crippen LogP contribution in [0.3, 0.4) is 0 Å². The standard InChI is InChI=1S/C13H15NO3S/c1-2-11(16)9-3-4-10-12(7-9)18-8-13(17)14(10)5-6-15/h3-4,7,15H,2,5-6,8H2,1H3. The summed E-state index contributed by atoms with van der Waals surface area (Å²) in [6.07, 6.45) is 0.475. The predicted molar refractivity (Wildman–Crippen MR) is 71.2 cm³/mol. The normalized spacial score (nSPS) is 14.6. The number of amides is 1. The molecule has 0 aromatic heterocycles. The van der Waals surface area contributed by atoms with Crippen molar-refractivity contribution >= 4 is 29.1 Å². The van der Waals surface area contributed by atoms with Crippen LogP contribution < -0.4 is 4.90 Å². The Hall–Kier alpha value is -1.33. The van der Waals surface area contributed by atoms with Crippen molar-refractivity contribution in [3.63, 3.8) is 0 Å². The number of rotatable bonds is 4. The number of carbonyl (C=O) groups excluding carboxylic acids is 2. The van der Waals surface area contributed by atoms with E-state index in [9.17, 15) is 9.59 Å². The number of β-amino-alcohol motifs (C(OH)–C–C–N with tert-alkyl or cyclic N) is 1. The van der Waals surface area contributed by atoms with Crippen molar-refractivity contribution in [1.29, 1.82) is 0 Å². The van der Waals surface area contributed by atoms with Crippen LogP contribution in [0.1, 0.15) is 23.7 Å². The predicted octanol–water partition coefficient (Wildman–Crippen LogP) is 1.71. The number of aliphatic hydroxyl groups is 1. The van der Waals surface area contributed by atoms with E-state index in [0.29, 0.717) is 24.3 Å². The highest BCUT2D eigenvalue weighted by Crippen LogP contribution is 2.35. The number of nitrogens with zero attached hydrogens (tertiary/aromatic N) is 1. The Balaban J connectivity index is 2.36. The summed E-state index contributed by atoms with van der Waals surface area (Å²) in [5, 5.41) is 8.99. The summed E-state index contributed by atoms with van der Waals surface area (Å²) in [5.41, 5.74) is 1.47. The number of Topliss-reactive ketones (excluding diaryl/α,β-unsaturated/α-hetero) is 1. The van der Waals surface area contributed by atoms with Crippen LogP contribution in [0.15, 0.2) is 23.1 Å². The maximum atomic E-state index is 11.7. The quantitative estimate of drug-likeness (QED) is 0.842. The Morgan fingerprint density at radius 2 is 2.28 bits per heavy atom. The zero-order valence-corrected chi connectivity index (χ0v) is 11.0. The molecular formula is C13H15NO3S. The van der Waals surface area contributed by atoms with E-state index in [0.717, 1.165) is 10.6 Å². The van der Waals surface area contributed by atoms with Crippen LogP contribution in [0.2, 0.25) is 0 Å². The SMILES string of the molecule is CCC(=O)c1ccc2c(c1)SCC(=O)N2CCO. The first kappa shape index (κ1) is 13.1. The number of hydrogen-bond donors (Lipinski definition) is 1. The van der Waals surface area contributed by atoms with Crippen LogP contribution in [0.4, 0.5) is 5.69 Å². The van der Waals surface area contributed by atoms with Gasteiger partial charge >= 0.3 is 0 Å². The molecule has 4 nitrogen and oxygen atoms in total. The maximum absolute atomic E-state index is 11.7. The van der Waals surface area contributed by atoms with E-state index in [4.69, 9.17) is 5.11 Å². The lowest BCUT2D eigenvalue weighted by atomic mass is 10.1. The fourth-order valence-corrected chi connectivity index (χ4v) is 2.90. The van der Waals surface area contributed by atoms with Crippen molar-refractivity contribution in [2.75, 3.05) is 23.8 Å². The van der Waals surface area contributed by atoms with Crippen molar-refractivity contribution in [2.45, 2.75) is 18.2 Å². The molecule has 96 valence electrons. The number of thioether (sulfide) groups is 1. The minimum Gasteiger partial charge on any atom is -0.395 e. The summed E-state index contributed by atoms with van der Waals surface area (Å²) in [4.78, 5) is 25.9. The molecule has 0 atom stereocenters. The number of anilines is 1. The number of aliphatic hydroxyl groups excluding tert-OH is 1. The first-order chi connectivity index (χ1) is 8.67. The highest BCUT2D eigenvalue weighted by atomic mass is 32.2. The molecule has 1 heterocycles. The van der Waals surface area contributed by atoms with Gasteiger partial charge in [0.2, 0.25) is 5.91 Å². The molecule has 1 aromatic rings. The van der Waals surface area contributed by atoms with Gasteiger partial charge in [-0.1, -0.05) is 6.92 Å². The lowest BCUT2D eigenvalue weighted by Crippen LogP contribution is -2.37. The lowest BCUT2D eigenvalue weighted by Gasteiger charge is -2.28. The summed E-state index contributed by atoms with van der Waals surface area (Å²) >= 11 is 1.44. The number of fused-ring (bicyclic) bond motifs is 1. The third kappa shape index (κ3) is 2.42. The van der Waals surface area contributed by atoms with Crippen molar-refractivity contribution in [3.8, 4) is 0 Å². The molecule has 1 N–H and O–H groups in total. The molecule has 0 radical (unpaired) electrons. The van der Waals surface area contributed by atoms with Crippen molar-refractivity contribution in [1.82, 2.24) is 0 Å². The zero-order valence-electron chi connectivity index (χ0n) is 10.2. The van der Waals surface area contributed by atoms with E-state index in [1.807, 2.05) is 13.0 Å². The first-order valence-corrected chi connectivity index (χ1v) is 6.87. The fraction of sp³-hybridized carbons (Fsp3) is 0.385. The van der Waals surface area contributed by atoms with Gasteiger partial charge in [0, 0.05) is 23.4 Å². The largest absolute Gasteiger partial charge is 0.395 e. The molecule has 18 heavy (non-hydrogen) atoms. The van der Waals surface area contributed by atoms with E-state index in [-0.39, 0.29) is 18.3 Å². The Morgan fingerprint density at radius 3 is 2.94 bits per heavy atom. The highest BCUT2D eigenvalue weighted by Gasteiger charge is 2.24. The molecule has 0 unspecified atom stereocenters. The minimum atomic E-state index is -0.0640. The summed E-state index contributed by atoms with van der Waals surface area (Å²) in [5.74, 6) is 0.455. The highest BCUT2D eigenvalue weighted by molar-refractivity contribution is 8.00. The number of benzene rings is 1. The van der Waals surface area contributed by atoms with Crippen molar-refractivity contribution in [3.05, 3.63) is 23.8 Å². The van der Waals surface area contributed by atoms with E-state index in [2.05, 4.69) is 0 Å². The van der Waals surface area contributed by atoms with Gasteiger partial charge in [0.15, 0.2) is 5.78 Å². The molecule has 1 aromatic carbocycles. The van der Waals surface area contributed by atoms with Gasteiger partial charge in [-0.15, -0.1) is 11.8 Å². The molecule has 0 fully saturated rings. The second kappa shape index (κ2) is 5.54. The summed E-state index contributed by atoms with van der Waals surface area (Å²) in [6, 6.07) is 5.37. The van der Waals surface area contributed by atoms with Gasteiger partial charge in [0.1, 0.15) is 0 Å². The van der Waals surface area contributed by atoms with Crippen LogP contribution in [-0.4, -0.2) is 35.7 Å². The smallest absolute Gasteiger partial charge is 0.237 e. The van der Waals surface area contributed by atoms with Gasteiger partial charge in [0.05, 0.1) is 18.0 Å². The molecule has 0 aliphatic carbocycles. The Kier molecular flexibility index (Phi) is 4.04. The molecule has 0 bridgehead atoms. The van der Waals surface area contributed by atoms with Gasteiger partial charge in [-0.3, -0.25) is 9.59 Å². The molecule has 1 amide bonds. The number of ketones is 1. The average molecular weight is 265 g/mol. The van der Waals surface area contributed by atoms with Crippen molar-refractivity contribution < 1.29 is 14.7 Å². The van der Waals surface area contributed by atoms with Crippen LogP contribution in [0.5, 0.6) is 0 Å². The molecule has 2 rings (SSSR count). The molecule has 1 aliphatic heterocycles. The molecule has 5 heteroatoms. The molecule has 1 aliphatic rings. The molecule has 0 saturated carbocycles. The summed E-state index contributed by atoms with van der Waals surface area (Å²) in [7, 11) is 0. The lowest BCUT2D eigenvalue weighted by molar-refractivity contribution is -0.116. The Bertz CT molecular complexity index is 487. The fourth-order valence-electron chi connectivity index (χ4n) is 1.93. The second-order valence-corrected chi connectivity index (χ2v) is 5.03. The maximum Gasteiger partial charge on any atom is 0.237 e. The summed E-state index contributed by atoms with van der Waals surface area (Å²) < 4.78 is 0. The summed E-state index contributed by atoms with van der Waals surface area (Å²) in [6.45, 7) is 2.06. The first-order valence-electron chi connectivity index (χ1n) is 5.88. The molecule has 0 saturated heterocycles. The van der Waals surface area contributed by atoms with Crippen LogP contribution in [0, 0.1) is 0 Å². The van der Waals surface area contributed by atoms with Gasteiger partial charge in [-0.25, -0.2) is 0 Å². The van der Waals surface area contributed by atoms with Gasteiger partial charge in [-0.05, 0) is 18.2 Å². The monoisotopic (exact) mass is 265 g/mol. The molecule has 0 spiro atoms. The Morgan fingerprint density at radius 1 is 1.50 bits per heavy atom. The number of hydrogen-bond acceptors (Lipinski definition) is 4. The van der Waals surface area contributed by atoms with Crippen LogP contribution in [-0.2, 0) is 4.79 Å². The zero-order chi connectivity index (χ0) is 13.1. The topological polar surface area (TPSA) is 57.6 Å². The van der Waals surface area contributed by atoms with E-state index < -0.39 is 0 Å². The second-order valence-electron chi connectivity index (χ2n) is 4.02. The molecular weight excluding hydrogens is 250 g/mol. The van der Waals surface area contributed by atoms with Crippen LogP contribution >= 0.6 is 11.8 Å².